The minimum absolute atomic E-state index is 0.142. The molecule has 8 nitrogen and oxygen atoms in total. The zero-order valence-corrected chi connectivity index (χ0v) is 18.9. The largest absolute Gasteiger partial charge is 0.369 e. The zero-order valence-electron chi connectivity index (χ0n) is 18.1. The molecule has 1 aliphatic rings. The van der Waals surface area contributed by atoms with Gasteiger partial charge in [-0.25, -0.2) is 13.2 Å². The number of aryl methyl sites for hydroxylation is 1. The molecule has 168 valence electrons. The molecule has 0 saturated carbocycles. The van der Waals surface area contributed by atoms with Crippen LogP contribution < -0.4 is 10.6 Å². The number of para-hydroxylation sites is 1. The van der Waals surface area contributed by atoms with Gasteiger partial charge in [0.15, 0.2) is 9.84 Å². The molecule has 1 aromatic heterocycles. The molecule has 1 fully saturated rings. The second-order valence-corrected chi connectivity index (χ2v) is 10.1. The SMILES string of the molecule is Cc1ccccc1N1CCN(Cc2[nH]c(=O)[nH]c2C(=O)c2ccc(S(C)(=O)=O)cc2)CC1. The fourth-order valence-electron chi connectivity index (χ4n) is 4.02. The molecule has 0 spiro atoms. The highest BCUT2D eigenvalue weighted by atomic mass is 32.2. The van der Waals surface area contributed by atoms with Crippen LogP contribution >= 0.6 is 0 Å². The first-order valence-corrected chi connectivity index (χ1v) is 12.3. The molecular formula is C23H26N4O4S. The molecule has 1 aliphatic heterocycles. The number of sulfone groups is 1. The summed E-state index contributed by atoms with van der Waals surface area (Å²) in [5.74, 6) is -0.350. The number of anilines is 1. The van der Waals surface area contributed by atoms with Crippen molar-refractivity contribution < 1.29 is 13.2 Å². The average molecular weight is 455 g/mol. The summed E-state index contributed by atoms with van der Waals surface area (Å²) in [6.45, 7) is 5.87. The highest BCUT2D eigenvalue weighted by Crippen LogP contribution is 2.22. The summed E-state index contributed by atoms with van der Waals surface area (Å²) in [5.41, 5.74) is 3.11. The average Bonchev–Trinajstić information content (AvgIpc) is 3.13. The van der Waals surface area contributed by atoms with Gasteiger partial charge in [-0.3, -0.25) is 9.69 Å². The number of hydrogen-bond donors (Lipinski definition) is 2. The molecule has 4 rings (SSSR count). The molecule has 0 bridgehead atoms. The minimum Gasteiger partial charge on any atom is -0.369 e. The first-order valence-electron chi connectivity index (χ1n) is 10.4. The quantitative estimate of drug-likeness (QED) is 0.552. The van der Waals surface area contributed by atoms with E-state index in [2.05, 4.69) is 38.8 Å². The Morgan fingerprint density at radius 1 is 0.969 bits per heavy atom. The highest BCUT2D eigenvalue weighted by molar-refractivity contribution is 7.90. The topological polar surface area (TPSA) is 106 Å². The number of benzene rings is 2. The van der Waals surface area contributed by atoms with Crippen LogP contribution in [-0.2, 0) is 16.4 Å². The van der Waals surface area contributed by atoms with Crippen molar-refractivity contribution in [2.24, 2.45) is 0 Å². The molecule has 3 aromatic rings. The fraction of sp³-hybridized carbons (Fsp3) is 0.304. The number of aromatic amines is 2. The van der Waals surface area contributed by atoms with Gasteiger partial charge in [-0.05, 0) is 42.8 Å². The number of ketones is 1. The third kappa shape index (κ3) is 4.68. The standard InChI is InChI=1S/C23H26N4O4S/c1-16-5-3-4-6-20(16)27-13-11-26(12-14-27)15-19-21(25-23(29)24-19)22(28)17-7-9-18(10-8-17)32(2,30)31/h3-10H,11-15H2,1-2H3,(H2,24,25,29). The maximum atomic E-state index is 13.0. The molecule has 0 atom stereocenters. The Labute approximate surface area is 186 Å². The van der Waals surface area contributed by atoms with Crippen LogP contribution in [0.4, 0.5) is 5.69 Å². The first-order chi connectivity index (χ1) is 15.2. The van der Waals surface area contributed by atoms with Gasteiger partial charge in [-0.1, -0.05) is 18.2 Å². The summed E-state index contributed by atoms with van der Waals surface area (Å²) in [5, 5.41) is 0. The van der Waals surface area contributed by atoms with Crippen molar-refractivity contribution in [1.29, 1.82) is 0 Å². The number of carbonyl (C=O) groups excluding carboxylic acids is 1. The normalized spacial score (nSPS) is 15.1. The highest BCUT2D eigenvalue weighted by Gasteiger charge is 2.23. The van der Waals surface area contributed by atoms with Crippen molar-refractivity contribution in [1.82, 2.24) is 14.9 Å². The molecular weight excluding hydrogens is 428 g/mol. The maximum Gasteiger partial charge on any atom is 0.323 e. The summed E-state index contributed by atoms with van der Waals surface area (Å²) in [6, 6.07) is 14.0. The number of nitrogens with one attached hydrogen (secondary N) is 2. The van der Waals surface area contributed by atoms with Crippen LogP contribution in [0.2, 0.25) is 0 Å². The number of rotatable bonds is 6. The van der Waals surface area contributed by atoms with Gasteiger partial charge >= 0.3 is 5.69 Å². The molecule has 32 heavy (non-hydrogen) atoms. The van der Waals surface area contributed by atoms with Gasteiger partial charge in [0.25, 0.3) is 0 Å². The lowest BCUT2D eigenvalue weighted by molar-refractivity contribution is 0.103. The number of H-pyrrole nitrogens is 2. The molecule has 0 radical (unpaired) electrons. The second-order valence-electron chi connectivity index (χ2n) is 8.11. The predicted octanol–water partition coefficient (Wildman–Crippen LogP) is 1.97. The van der Waals surface area contributed by atoms with Crippen molar-refractivity contribution in [3.63, 3.8) is 0 Å². The van der Waals surface area contributed by atoms with Crippen LogP contribution in [0.25, 0.3) is 0 Å². The molecule has 2 heterocycles. The maximum absolute atomic E-state index is 13.0. The number of imidazole rings is 1. The summed E-state index contributed by atoms with van der Waals surface area (Å²) < 4.78 is 23.3. The molecule has 0 amide bonds. The predicted molar refractivity (Wildman–Crippen MR) is 123 cm³/mol. The third-order valence-corrected chi connectivity index (χ3v) is 6.92. The Bertz CT molecular complexity index is 1280. The Hall–Kier alpha value is -3.17. The van der Waals surface area contributed by atoms with Crippen molar-refractivity contribution in [3.8, 4) is 0 Å². The smallest absolute Gasteiger partial charge is 0.323 e. The van der Waals surface area contributed by atoms with Gasteiger partial charge in [-0.2, -0.15) is 0 Å². The second kappa shape index (κ2) is 8.76. The van der Waals surface area contributed by atoms with Gasteiger partial charge in [0.1, 0.15) is 5.69 Å². The van der Waals surface area contributed by atoms with E-state index in [-0.39, 0.29) is 16.4 Å². The van der Waals surface area contributed by atoms with Gasteiger partial charge in [-0.15, -0.1) is 0 Å². The van der Waals surface area contributed by atoms with Crippen LogP contribution in [0.5, 0.6) is 0 Å². The first kappa shape index (κ1) is 22.0. The zero-order chi connectivity index (χ0) is 22.9. The Morgan fingerprint density at radius 2 is 1.62 bits per heavy atom. The van der Waals surface area contributed by atoms with Crippen LogP contribution in [-0.4, -0.2) is 61.5 Å². The van der Waals surface area contributed by atoms with E-state index in [1.165, 1.54) is 35.5 Å². The van der Waals surface area contributed by atoms with Crippen molar-refractivity contribution in [2.45, 2.75) is 18.4 Å². The Kier molecular flexibility index (Phi) is 6.03. The van der Waals surface area contributed by atoms with E-state index in [9.17, 15) is 18.0 Å². The van der Waals surface area contributed by atoms with E-state index in [0.717, 1.165) is 32.4 Å². The van der Waals surface area contributed by atoms with Gasteiger partial charge in [0.05, 0.1) is 10.6 Å². The van der Waals surface area contributed by atoms with Crippen molar-refractivity contribution in [3.05, 3.63) is 81.5 Å². The van der Waals surface area contributed by atoms with E-state index < -0.39 is 15.5 Å². The molecule has 2 N–H and O–H groups in total. The monoisotopic (exact) mass is 454 g/mol. The van der Waals surface area contributed by atoms with E-state index in [0.29, 0.717) is 17.8 Å². The summed E-state index contributed by atoms with van der Waals surface area (Å²) in [6.07, 6.45) is 1.12. The van der Waals surface area contributed by atoms with Crippen LogP contribution in [0.15, 0.2) is 58.2 Å². The fourth-order valence-corrected chi connectivity index (χ4v) is 4.65. The lowest BCUT2D eigenvalue weighted by Gasteiger charge is -2.36. The number of piperazine rings is 1. The van der Waals surface area contributed by atoms with Crippen molar-refractivity contribution >= 4 is 21.3 Å². The Balaban J connectivity index is 1.47. The van der Waals surface area contributed by atoms with E-state index >= 15 is 0 Å². The van der Waals surface area contributed by atoms with Gasteiger partial charge in [0.2, 0.25) is 5.78 Å². The van der Waals surface area contributed by atoms with Crippen LogP contribution in [0, 0.1) is 6.92 Å². The third-order valence-electron chi connectivity index (χ3n) is 5.79. The lowest BCUT2D eigenvalue weighted by Crippen LogP contribution is -2.46. The van der Waals surface area contributed by atoms with E-state index in [1.807, 2.05) is 12.1 Å². The van der Waals surface area contributed by atoms with Gasteiger partial charge in [0, 0.05) is 50.2 Å². The number of nitrogens with zero attached hydrogens (tertiary/aromatic N) is 2. The Morgan fingerprint density at radius 3 is 2.25 bits per heavy atom. The minimum atomic E-state index is -3.35. The van der Waals surface area contributed by atoms with Crippen LogP contribution in [0.1, 0.15) is 27.3 Å². The summed E-state index contributed by atoms with van der Waals surface area (Å²) in [7, 11) is -3.35. The lowest BCUT2D eigenvalue weighted by atomic mass is 10.1. The summed E-state index contributed by atoms with van der Waals surface area (Å²) in [4.78, 5) is 35.0. The van der Waals surface area contributed by atoms with E-state index in [4.69, 9.17) is 0 Å². The molecule has 0 aliphatic carbocycles. The summed E-state index contributed by atoms with van der Waals surface area (Å²) >= 11 is 0. The number of carbonyl (C=O) groups is 1. The van der Waals surface area contributed by atoms with Crippen LogP contribution in [0.3, 0.4) is 0 Å². The van der Waals surface area contributed by atoms with E-state index in [1.54, 1.807) is 0 Å². The van der Waals surface area contributed by atoms with Crippen molar-refractivity contribution in [2.75, 3.05) is 37.3 Å². The molecule has 1 saturated heterocycles. The molecule has 9 heteroatoms. The van der Waals surface area contributed by atoms with Gasteiger partial charge < -0.3 is 14.9 Å². The number of aromatic nitrogens is 2. The molecule has 2 aromatic carbocycles. The number of hydrogen-bond acceptors (Lipinski definition) is 6. The molecule has 0 unspecified atom stereocenters.